The van der Waals surface area contributed by atoms with Crippen molar-refractivity contribution >= 4 is 39.4 Å². The summed E-state index contributed by atoms with van der Waals surface area (Å²) in [5.74, 6) is -0.474. The SMILES string of the molecule is CC(C)(O)c1cc2nc([C@H]3CC[C@H](C=O)CC3)sc2cc1NC(=O)c1cccc(C(F)(F)F)n1. The number of aromatic nitrogens is 2. The fourth-order valence-electron chi connectivity index (χ4n) is 4.18. The van der Waals surface area contributed by atoms with Crippen LogP contribution in [0.1, 0.15) is 72.2 Å². The number of rotatable bonds is 5. The highest BCUT2D eigenvalue weighted by atomic mass is 32.1. The predicted molar refractivity (Wildman–Crippen MR) is 123 cm³/mol. The molecule has 0 radical (unpaired) electrons. The second-order valence-electron chi connectivity index (χ2n) is 9.08. The Bertz CT molecular complexity index is 1230. The minimum absolute atomic E-state index is 0.0960. The van der Waals surface area contributed by atoms with Gasteiger partial charge in [-0.05, 0) is 63.8 Å². The first kappa shape index (κ1) is 24.3. The zero-order chi connectivity index (χ0) is 24.7. The van der Waals surface area contributed by atoms with Gasteiger partial charge in [-0.1, -0.05) is 6.07 Å². The molecule has 3 aromatic rings. The number of nitrogens with zero attached hydrogens (tertiary/aromatic N) is 2. The molecule has 0 atom stereocenters. The van der Waals surface area contributed by atoms with Crippen LogP contribution in [0.5, 0.6) is 0 Å². The van der Waals surface area contributed by atoms with Crippen molar-refractivity contribution in [2.75, 3.05) is 5.32 Å². The van der Waals surface area contributed by atoms with E-state index in [1.165, 1.54) is 17.4 Å². The highest BCUT2D eigenvalue weighted by Gasteiger charge is 2.33. The maximum Gasteiger partial charge on any atom is 0.433 e. The van der Waals surface area contributed by atoms with Crippen LogP contribution >= 0.6 is 11.3 Å². The van der Waals surface area contributed by atoms with Crippen LogP contribution in [0.25, 0.3) is 10.2 Å². The van der Waals surface area contributed by atoms with Crippen molar-refractivity contribution in [3.63, 3.8) is 0 Å². The van der Waals surface area contributed by atoms with E-state index in [0.717, 1.165) is 53.8 Å². The molecule has 4 rings (SSSR count). The van der Waals surface area contributed by atoms with Gasteiger partial charge in [0.1, 0.15) is 17.7 Å². The number of hydrogen-bond acceptors (Lipinski definition) is 6. The minimum atomic E-state index is -4.67. The molecule has 1 fully saturated rings. The van der Waals surface area contributed by atoms with Crippen LogP contribution < -0.4 is 5.32 Å². The number of fused-ring (bicyclic) bond motifs is 1. The van der Waals surface area contributed by atoms with Gasteiger partial charge in [-0.15, -0.1) is 11.3 Å². The summed E-state index contributed by atoms with van der Waals surface area (Å²) in [7, 11) is 0. The van der Waals surface area contributed by atoms with Gasteiger partial charge in [0.25, 0.3) is 5.91 Å². The number of benzene rings is 1. The second-order valence-corrected chi connectivity index (χ2v) is 10.1. The van der Waals surface area contributed by atoms with E-state index in [9.17, 15) is 27.9 Å². The topological polar surface area (TPSA) is 92.2 Å². The lowest BCUT2D eigenvalue weighted by atomic mass is 9.83. The molecule has 1 aromatic carbocycles. The van der Waals surface area contributed by atoms with Crippen LogP contribution in [0.3, 0.4) is 0 Å². The van der Waals surface area contributed by atoms with Crippen molar-refractivity contribution in [2.24, 2.45) is 5.92 Å². The quantitative estimate of drug-likeness (QED) is 0.449. The molecule has 180 valence electrons. The van der Waals surface area contributed by atoms with Crippen LogP contribution in [0.4, 0.5) is 18.9 Å². The lowest BCUT2D eigenvalue weighted by molar-refractivity contribution is -0.141. The molecule has 1 aliphatic carbocycles. The Morgan fingerprint density at radius 2 is 1.85 bits per heavy atom. The summed E-state index contributed by atoms with van der Waals surface area (Å²) >= 11 is 1.48. The molecule has 2 heterocycles. The normalized spacial score (nSPS) is 19.2. The van der Waals surface area contributed by atoms with Gasteiger partial charge in [0.05, 0.1) is 20.8 Å². The zero-order valence-corrected chi connectivity index (χ0v) is 19.5. The van der Waals surface area contributed by atoms with E-state index in [1.54, 1.807) is 26.0 Å². The molecule has 0 bridgehead atoms. The third-order valence-electron chi connectivity index (χ3n) is 6.04. The van der Waals surface area contributed by atoms with Crippen molar-refractivity contribution in [3.05, 3.63) is 52.3 Å². The largest absolute Gasteiger partial charge is 0.433 e. The Hall–Kier alpha value is -2.85. The summed E-state index contributed by atoms with van der Waals surface area (Å²) in [6.07, 6.45) is -0.275. The highest BCUT2D eigenvalue weighted by molar-refractivity contribution is 7.18. The molecule has 2 N–H and O–H groups in total. The van der Waals surface area contributed by atoms with Crippen molar-refractivity contribution < 1.29 is 27.9 Å². The van der Waals surface area contributed by atoms with E-state index in [2.05, 4.69) is 10.3 Å². The second kappa shape index (κ2) is 9.07. The number of amides is 1. The lowest BCUT2D eigenvalue weighted by Gasteiger charge is -2.23. The third-order valence-corrected chi connectivity index (χ3v) is 7.22. The van der Waals surface area contributed by atoms with Crippen molar-refractivity contribution in [3.8, 4) is 0 Å². The number of carbonyl (C=O) groups is 2. The number of halogens is 3. The molecule has 0 unspecified atom stereocenters. The molecule has 34 heavy (non-hydrogen) atoms. The van der Waals surface area contributed by atoms with E-state index in [4.69, 9.17) is 4.98 Å². The number of nitrogens with one attached hydrogen (secondary N) is 1. The van der Waals surface area contributed by atoms with Crippen molar-refractivity contribution in [1.82, 2.24) is 9.97 Å². The fraction of sp³-hybridized carbons (Fsp3) is 0.417. The summed E-state index contributed by atoms with van der Waals surface area (Å²) < 4.78 is 39.8. The molecule has 6 nitrogen and oxygen atoms in total. The van der Waals surface area contributed by atoms with Gasteiger partial charge < -0.3 is 15.2 Å². The van der Waals surface area contributed by atoms with Gasteiger partial charge in [0, 0.05) is 23.1 Å². The van der Waals surface area contributed by atoms with Gasteiger partial charge >= 0.3 is 6.18 Å². The number of anilines is 1. The Balaban J connectivity index is 1.66. The highest BCUT2D eigenvalue weighted by Crippen LogP contribution is 2.41. The molecule has 1 saturated carbocycles. The number of alkyl halides is 3. The number of hydrogen-bond donors (Lipinski definition) is 2. The van der Waals surface area contributed by atoms with E-state index in [-0.39, 0.29) is 23.2 Å². The molecule has 2 aromatic heterocycles. The van der Waals surface area contributed by atoms with Crippen LogP contribution in [0, 0.1) is 5.92 Å². The summed E-state index contributed by atoms with van der Waals surface area (Å²) in [5.41, 5.74) is -1.54. The summed E-state index contributed by atoms with van der Waals surface area (Å²) in [6.45, 7) is 3.11. The Kier molecular flexibility index (Phi) is 6.48. The number of carbonyl (C=O) groups excluding carboxylic acids is 2. The van der Waals surface area contributed by atoms with Gasteiger partial charge in [0.2, 0.25) is 0 Å². The lowest BCUT2D eigenvalue weighted by Crippen LogP contribution is -2.22. The van der Waals surface area contributed by atoms with Crippen LogP contribution in [0.15, 0.2) is 30.3 Å². The van der Waals surface area contributed by atoms with Gasteiger partial charge in [-0.25, -0.2) is 9.97 Å². The Morgan fingerprint density at radius 1 is 1.15 bits per heavy atom. The molecule has 0 saturated heterocycles. The predicted octanol–water partition coefficient (Wildman–Crippen LogP) is 5.66. The van der Waals surface area contributed by atoms with E-state index >= 15 is 0 Å². The summed E-state index contributed by atoms with van der Waals surface area (Å²) in [5, 5.41) is 14.3. The number of aldehydes is 1. The number of aliphatic hydroxyl groups is 1. The molecule has 1 amide bonds. The third kappa shape index (κ3) is 5.12. The van der Waals surface area contributed by atoms with Crippen LogP contribution in [-0.4, -0.2) is 27.3 Å². The van der Waals surface area contributed by atoms with Crippen LogP contribution in [0.2, 0.25) is 0 Å². The number of thiazole rings is 1. The van der Waals surface area contributed by atoms with Gasteiger partial charge in [-0.3, -0.25) is 4.79 Å². The average Bonchev–Trinajstić information content (AvgIpc) is 3.20. The average molecular weight is 492 g/mol. The maximum atomic E-state index is 13.0. The monoisotopic (exact) mass is 491 g/mol. The summed E-state index contributed by atoms with van der Waals surface area (Å²) in [4.78, 5) is 32.0. The summed E-state index contributed by atoms with van der Waals surface area (Å²) in [6, 6.07) is 6.51. The molecular formula is C24H24F3N3O3S. The molecule has 1 aliphatic rings. The molecule has 10 heteroatoms. The van der Waals surface area contributed by atoms with Crippen LogP contribution in [-0.2, 0) is 16.6 Å². The van der Waals surface area contributed by atoms with E-state index < -0.39 is 23.4 Å². The first-order valence-corrected chi connectivity index (χ1v) is 11.8. The molecule has 0 aliphatic heterocycles. The minimum Gasteiger partial charge on any atom is -0.386 e. The molecular weight excluding hydrogens is 467 g/mol. The molecule has 0 spiro atoms. The van der Waals surface area contributed by atoms with Crippen molar-refractivity contribution in [1.29, 1.82) is 0 Å². The first-order valence-electron chi connectivity index (χ1n) is 10.9. The Labute approximate surface area is 198 Å². The number of pyridine rings is 1. The first-order chi connectivity index (χ1) is 16.0. The van der Waals surface area contributed by atoms with Crippen molar-refractivity contribution in [2.45, 2.75) is 57.2 Å². The fourth-order valence-corrected chi connectivity index (χ4v) is 5.34. The van der Waals surface area contributed by atoms with E-state index in [1.807, 2.05) is 0 Å². The standard InChI is InChI=1S/C24H24F3N3O3S/c1-23(2,33)15-10-18-19(34-22(30-18)14-8-6-13(12-31)7-9-14)11-17(15)29-21(32)16-4-3-5-20(28-16)24(25,26)27/h3-5,10-14,33H,6-9H2,1-2H3,(H,29,32)/t13-,14-. The zero-order valence-electron chi connectivity index (χ0n) is 18.6. The van der Waals surface area contributed by atoms with Gasteiger partial charge in [0.15, 0.2) is 0 Å². The van der Waals surface area contributed by atoms with Gasteiger partial charge in [-0.2, -0.15) is 13.2 Å². The maximum absolute atomic E-state index is 13.0. The Morgan fingerprint density at radius 3 is 2.47 bits per heavy atom. The van der Waals surface area contributed by atoms with E-state index in [0.29, 0.717) is 11.1 Å². The smallest absolute Gasteiger partial charge is 0.386 e.